The van der Waals surface area contributed by atoms with Crippen LogP contribution < -0.4 is 15.2 Å². The van der Waals surface area contributed by atoms with Crippen LogP contribution in [0.25, 0.3) is 28.0 Å². The Kier molecular flexibility index (Phi) is 5.10. The smallest absolute Gasteiger partial charge is 0.272 e. The Labute approximate surface area is 173 Å². The molecule has 30 heavy (non-hydrogen) atoms. The molecule has 0 aliphatic carbocycles. The number of carbonyl (C=O) groups is 1. The summed E-state index contributed by atoms with van der Waals surface area (Å²) >= 11 is 0. The molecule has 2 N–H and O–H groups in total. The lowest BCUT2D eigenvalue weighted by Gasteiger charge is -2.11. The van der Waals surface area contributed by atoms with Crippen molar-refractivity contribution in [2.24, 2.45) is 0 Å². The number of para-hydroxylation sites is 1. The van der Waals surface area contributed by atoms with E-state index >= 15 is 0 Å². The predicted octanol–water partition coefficient (Wildman–Crippen LogP) is 4.32. The van der Waals surface area contributed by atoms with Crippen LogP contribution in [-0.2, 0) is 0 Å². The van der Waals surface area contributed by atoms with E-state index < -0.39 is 0 Å². The fourth-order valence-electron chi connectivity index (χ4n) is 3.19. The van der Waals surface area contributed by atoms with E-state index in [9.17, 15) is 4.79 Å². The second-order valence-corrected chi connectivity index (χ2v) is 7.09. The molecule has 152 valence electrons. The number of hydrogen-bond donors (Lipinski definition) is 1. The van der Waals surface area contributed by atoms with E-state index in [0.29, 0.717) is 28.0 Å². The van der Waals surface area contributed by atoms with E-state index in [1.807, 2.05) is 62.4 Å². The maximum Gasteiger partial charge on any atom is 0.272 e. The molecule has 0 spiro atoms. The Morgan fingerprint density at radius 3 is 2.73 bits per heavy atom. The van der Waals surface area contributed by atoms with Gasteiger partial charge in [0.25, 0.3) is 5.91 Å². The molecule has 7 heteroatoms. The van der Waals surface area contributed by atoms with Gasteiger partial charge in [-0.2, -0.15) is 4.68 Å². The van der Waals surface area contributed by atoms with E-state index in [4.69, 9.17) is 15.2 Å². The monoisotopic (exact) mass is 402 g/mol. The second-order valence-electron chi connectivity index (χ2n) is 7.09. The predicted molar refractivity (Wildman–Crippen MR) is 118 cm³/mol. The van der Waals surface area contributed by atoms with Crippen molar-refractivity contribution in [3.05, 3.63) is 60.2 Å². The van der Waals surface area contributed by atoms with Crippen LogP contribution in [0.4, 0.5) is 5.82 Å². The summed E-state index contributed by atoms with van der Waals surface area (Å²) in [4.78, 5) is 17.5. The average molecular weight is 402 g/mol. The lowest BCUT2D eigenvalue weighted by molar-refractivity contribution is 0.0960. The fraction of sp³-hybridized carbons (Fsp3) is 0.174. The molecule has 0 fully saturated rings. The SMILES string of the molecule is COc1ccc2cc3c(N)nn(C(=O)/C=C/c4ccccc4OC(C)C)c3nc2c1. The molecule has 2 heterocycles. The topological polar surface area (TPSA) is 92.3 Å². The number of pyridine rings is 1. The standard InChI is InChI=1S/C23H22N4O3/c1-14(2)30-20-7-5-4-6-15(20)9-11-21(28)27-23-18(22(24)26-27)12-16-8-10-17(29-3)13-19(16)25-23/h4-14H,1-3H3,(H2,24,26)/b11-9+. The number of aromatic nitrogens is 3. The molecule has 2 aromatic carbocycles. The van der Waals surface area contributed by atoms with Gasteiger partial charge in [0.2, 0.25) is 0 Å². The molecular weight excluding hydrogens is 380 g/mol. The molecule has 0 unspecified atom stereocenters. The van der Waals surface area contributed by atoms with Crippen molar-refractivity contribution in [2.75, 3.05) is 12.8 Å². The quantitative estimate of drug-likeness (QED) is 0.500. The summed E-state index contributed by atoms with van der Waals surface area (Å²) < 4.78 is 12.3. The highest BCUT2D eigenvalue weighted by Crippen LogP contribution is 2.27. The minimum Gasteiger partial charge on any atom is -0.497 e. The van der Waals surface area contributed by atoms with Gasteiger partial charge >= 0.3 is 0 Å². The maximum absolute atomic E-state index is 12.9. The Morgan fingerprint density at radius 1 is 1.17 bits per heavy atom. The summed E-state index contributed by atoms with van der Waals surface area (Å²) in [6.45, 7) is 3.91. The lowest BCUT2D eigenvalue weighted by atomic mass is 10.1. The lowest BCUT2D eigenvalue weighted by Crippen LogP contribution is -2.10. The van der Waals surface area contributed by atoms with Gasteiger partial charge in [0, 0.05) is 23.1 Å². The zero-order valence-corrected chi connectivity index (χ0v) is 17.0. The zero-order valence-electron chi connectivity index (χ0n) is 17.0. The summed E-state index contributed by atoms with van der Waals surface area (Å²) in [6, 6.07) is 15.0. The van der Waals surface area contributed by atoms with Crippen LogP contribution in [0, 0.1) is 0 Å². The number of carbonyl (C=O) groups excluding carboxylic acids is 1. The summed E-state index contributed by atoms with van der Waals surface area (Å²) in [6.07, 6.45) is 3.17. The number of nitrogens with zero attached hydrogens (tertiary/aromatic N) is 3. The van der Waals surface area contributed by atoms with E-state index in [1.54, 1.807) is 13.2 Å². The molecular formula is C23H22N4O3. The second kappa shape index (κ2) is 7.87. The molecule has 0 bridgehead atoms. The molecule has 0 aliphatic heterocycles. The normalized spacial score (nSPS) is 11.6. The maximum atomic E-state index is 12.9. The Bertz CT molecular complexity index is 1270. The summed E-state index contributed by atoms with van der Waals surface area (Å²) in [5.41, 5.74) is 7.94. The van der Waals surface area contributed by atoms with E-state index in [-0.39, 0.29) is 17.8 Å². The molecule has 0 atom stereocenters. The molecule has 0 amide bonds. The summed E-state index contributed by atoms with van der Waals surface area (Å²) in [5, 5.41) is 5.72. The third-order valence-electron chi connectivity index (χ3n) is 4.58. The summed E-state index contributed by atoms with van der Waals surface area (Å²) in [5.74, 6) is 1.28. The van der Waals surface area contributed by atoms with Crippen LogP contribution in [0.3, 0.4) is 0 Å². The third-order valence-corrected chi connectivity index (χ3v) is 4.58. The van der Waals surface area contributed by atoms with Gasteiger partial charge in [-0.05, 0) is 44.2 Å². The first-order valence-corrected chi connectivity index (χ1v) is 9.57. The van der Waals surface area contributed by atoms with Crippen molar-refractivity contribution in [1.29, 1.82) is 0 Å². The van der Waals surface area contributed by atoms with Gasteiger partial charge in [0.1, 0.15) is 11.5 Å². The highest BCUT2D eigenvalue weighted by Gasteiger charge is 2.15. The van der Waals surface area contributed by atoms with Crippen LogP contribution in [-0.4, -0.2) is 33.9 Å². The summed E-state index contributed by atoms with van der Waals surface area (Å²) in [7, 11) is 1.59. The van der Waals surface area contributed by atoms with Gasteiger partial charge in [-0.1, -0.05) is 18.2 Å². The molecule has 4 aromatic rings. The van der Waals surface area contributed by atoms with Crippen molar-refractivity contribution in [3.63, 3.8) is 0 Å². The Morgan fingerprint density at radius 2 is 1.97 bits per heavy atom. The Hall–Kier alpha value is -3.87. The van der Waals surface area contributed by atoms with Gasteiger partial charge in [-0.3, -0.25) is 4.79 Å². The van der Waals surface area contributed by atoms with Crippen LogP contribution >= 0.6 is 0 Å². The first kappa shape index (κ1) is 19.4. The minimum absolute atomic E-state index is 0.0274. The number of ether oxygens (including phenoxy) is 2. The van der Waals surface area contributed by atoms with Crippen molar-refractivity contribution in [2.45, 2.75) is 20.0 Å². The molecule has 0 aliphatic rings. The van der Waals surface area contributed by atoms with E-state index in [1.165, 1.54) is 10.8 Å². The van der Waals surface area contributed by atoms with Gasteiger partial charge in [0.05, 0.1) is 24.1 Å². The van der Waals surface area contributed by atoms with Gasteiger partial charge in [-0.15, -0.1) is 5.10 Å². The van der Waals surface area contributed by atoms with Crippen LogP contribution in [0.2, 0.25) is 0 Å². The number of nitrogen functional groups attached to an aromatic ring is 1. The van der Waals surface area contributed by atoms with E-state index in [0.717, 1.165) is 10.9 Å². The van der Waals surface area contributed by atoms with Crippen LogP contribution in [0.5, 0.6) is 11.5 Å². The first-order chi connectivity index (χ1) is 14.5. The van der Waals surface area contributed by atoms with E-state index in [2.05, 4.69) is 10.1 Å². The number of rotatable bonds is 5. The fourth-order valence-corrected chi connectivity index (χ4v) is 3.19. The highest BCUT2D eigenvalue weighted by molar-refractivity contribution is 6.04. The van der Waals surface area contributed by atoms with Gasteiger partial charge < -0.3 is 15.2 Å². The molecule has 0 radical (unpaired) electrons. The number of nitrogens with two attached hydrogens (primary N) is 1. The number of anilines is 1. The van der Waals surface area contributed by atoms with Gasteiger partial charge in [-0.25, -0.2) is 4.98 Å². The molecule has 2 aromatic heterocycles. The number of fused-ring (bicyclic) bond motifs is 2. The Balaban J connectivity index is 1.73. The average Bonchev–Trinajstić information content (AvgIpc) is 3.06. The molecule has 0 saturated carbocycles. The number of benzene rings is 2. The first-order valence-electron chi connectivity index (χ1n) is 9.57. The van der Waals surface area contributed by atoms with Crippen molar-refractivity contribution >= 4 is 39.7 Å². The van der Waals surface area contributed by atoms with Crippen molar-refractivity contribution < 1.29 is 14.3 Å². The number of methoxy groups -OCH3 is 1. The zero-order chi connectivity index (χ0) is 21.3. The third kappa shape index (κ3) is 3.69. The largest absolute Gasteiger partial charge is 0.497 e. The number of hydrogen-bond acceptors (Lipinski definition) is 6. The molecule has 4 rings (SSSR count). The molecule has 0 saturated heterocycles. The highest BCUT2D eigenvalue weighted by atomic mass is 16.5. The van der Waals surface area contributed by atoms with Crippen LogP contribution in [0.15, 0.2) is 54.6 Å². The van der Waals surface area contributed by atoms with Crippen LogP contribution in [0.1, 0.15) is 24.2 Å². The van der Waals surface area contributed by atoms with Crippen molar-refractivity contribution in [1.82, 2.24) is 14.8 Å². The minimum atomic E-state index is -0.356. The van der Waals surface area contributed by atoms with Gasteiger partial charge in [0.15, 0.2) is 11.5 Å². The molecule has 7 nitrogen and oxygen atoms in total. The number of allylic oxidation sites excluding steroid dienone is 1. The van der Waals surface area contributed by atoms with Crippen molar-refractivity contribution in [3.8, 4) is 11.5 Å².